The number of carbonyl (C=O) groups excluding carboxylic acids is 1. The van der Waals surface area contributed by atoms with Crippen molar-refractivity contribution < 1.29 is 17.9 Å². The Morgan fingerprint density at radius 1 is 1.24 bits per heavy atom. The minimum Gasteiger partial charge on any atom is -0.379 e. The van der Waals surface area contributed by atoms with E-state index in [4.69, 9.17) is 4.74 Å². The summed E-state index contributed by atoms with van der Waals surface area (Å²) in [6.07, 6.45) is 0. The van der Waals surface area contributed by atoms with E-state index < -0.39 is 10.2 Å². The maximum Gasteiger partial charge on any atom is 0.278 e. The highest BCUT2D eigenvalue weighted by Gasteiger charge is 2.16. The second-order valence-corrected chi connectivity index (χ2v) is 7.11. The average Bonchev–Trinajstić information content (AvgIpc) is 2.43. The van der Waals surface area contributed by atoms with E-state index in [0.717, 1.165) is 37.2 Å². The molecule has 0 spiro atoms. The summed E-state index contributed by atoms with van der Waals surface area (Å²) in [6.45, 7) is 6.65. The van der Waals surface area contributed by atoms with Gasteiger partial charge in [0.1, 0.15) is 0 Å². The highest BCUT2D eigenvalue weighted by atomic mass is 32.2. The molecule has 21 heavy (non-hydrogen) atoms. The van der Waals surface area contributed by atoms with E-state index in [2.05, 4.69) is 9.62 Å². The van der Waals surface area contributed by atoms with E-state index in [-0.39, 0.29) is 12.5 Å². The molecular weight excluding hydrogens is 296 g/mol. The molecule has 1 heterocycles. The van der Waals surface area contributed by atoms with Crippen LogP contribution in [-0.4, -0.2) is 95.0 Å². The second kappa shape index (κ2) is 8.64. The van der Waals surface area contributed by atoms with E-state index >= 15 is 0 Å². The summed E-state index contributed by atoms with van der Waals surface area (Å²) in [5, 5.41) is 0. The molecule has 0 saturated carbocycles. The first-order valence-electron chi connectivity index (χ1n) is 7.05. The van der Waals surface area contributed by atoms with Crippen LogP contribution >= 0.6 is 0 Å². The van der Waals surface area contributed by atoms with Crippen LogP contribution in [0.5, 0.6) is 0 Å². The van der Waals surface area contributed by atoms with Crippen LogP contribution in [0.25, 0.3) is 0 Å². The third kappa shape index (κ3) is 6.70. The number of rotatable bonds is 8. The quantitative estimate of drug-likeness (QED) is 0.592. The molecule has 1 N–H and O–H groups in total. The monoisotopic (exact) mass is 322 g/mol. The molecule has 9 heteroatoms. The van der Waals surface area contributed by atoms with Crippen molar-refractivity contribution in [2.24, 2.45) is 0 Å². The summed E-state index contributed by atoms with van der Waals surface area (Å²) in [5.41, 5.74) is 0. The van der Waals surface area contributed by atoms with Gasteiger partial charge in [-0.2, -0.15) is 12.7 Å². The first-order valence-corrected chi connectivity index (χ1v) is 8.49. The molecule has 0 aliphatic carbocycles. The Hall–Kier alpha value is -0.740. The van der Waals surface area contributed by atoms with Crippen LogP contribution < -0.4 is 4.72 Å². The van der Waals surface area contributed by atoms with Crippen molar-refractivity contribution in [2.45, 2.75) is 6.92 Å². The number of nitrogens with zero attached hydrogens (tertiary/aromatic N) is 3. The molecule has 1 amide bonds. The smallest absolute Gasteiger partial charge is 0.278 e. The largest absolute Gasteiger partial charge is 0.379 e. The van der Waals surface area contributed by atoms with Crippen molar-refractivity contribution in [3.63, 3.8) is 0 Å². The minimum atomic E-state index is -3.44. The van der Waals surface area contributed by atoms with E-state index in [1.165, 1.54) is 21.0 Å². The summed E-state index contributed by atoms with van der Waals surface area (Å²) >= 11 is 0. The summed E-state index contributed by atoms with van der Waals surface area (Å²) in [7, 11) is -0.513. The Morgan fingerprint density at radius 2 is 1.86 bits per heavy atom. The lowest BCUT2D eigenvalue weighted by Crippen LogP contribution is -2.45. The molecule has 0 aromatic heterocycles. The van der Waals surface area contributed by atoms with Crippen LogP contribution in [0.15, 0.2) is 0 Å². The SMILES string of the molecule is CC(=O)N(CCNS(=O)(=O)N(C)C)CCN1CCOCC1. The molecule has 1 rings (SSSR count). The van der Waals surface area contributed by atoms with Gasteiger partial charge < -0.3 is 9.64 Å². The van der Waals surface area contributed by atoms with Crippen LogP contribution in [0.3, 0.4) is 0 Å². The van der Waals surface area contributed by atoms with Crippen molar-refractivity contribution >= 4 is 16.1 Å². The molecular formula is C12H26N4O4S. The maximum absolute atomic E-state index is 11.6. The zero-order chi connectivity index (χ0) is 15.9. The predicted molar refractivity (Wildman–Crippen MR) is 80.1 cm³/mol. The topological polar surface area (TPSA) is 82.2 Å². The number of hydrogen-bond donors (Lipinski definition) is 1. The van der Waals surface area contributed by atoms with Gasteiger partial charge in [-0.05, 0) is 0 Å². The fraction of sp³-hybridized carbons (Fsp3) is 0.917. The van der Waals surface area contributed by atoms with Gasteiger partial charge in [-0.3, -0.25) is 9.69 Å². The predicted octanol–water partition coefficient (Wildman–Crippen LogP) is -1.44. The molecule has 0 aromatic carbocycles. The number of morpholine rings is 1. The zero-order valence-corrected chi connectivity index (χ0v) is 13.9. The Bertz CT molecular complexity index is 421. The number of amides is 1. The van der Waals surface area contributed by atoms with Gasteiger partial charge in [0, 0.05) is 60.3 Å². The lowest BCUT2D eigenvalue weighted by Gasteiger charge is -2.29. The van der Waals surface area contributed by atoms with Gasteiger partial charge in [0.2, 0.25) is 5.91 Å². The van der Waals surface area contributed by atoms with Gasteiger partial charge in [-0.15, -0.1) is 0 Å². The molecule has 0 bridgehead atoms. The number of nitrogens with one attached hydrogen (secondary N) is 1. The molecule has 0 atom stereocenters. The van der Waals surface area contributed by atoms with Crippen LogP contribution in [0.1, 0.15) is 6.92 Å². The zero-order valence-electron chi connectivity index (χ0n) is 13.0. The molecule has 8 nitrogen and oxygen atoms in total. The normalized spacial score (nSPS) is 17.1. The Kier molecular flexibility index (Phi) is 7.53. The summed E-state index contributed by atoms with van der Waals surface area (Å²) in [4.78, 5) is 15.5. The van der Waals surface area contributed by atoms with Gasteiger partial charge in [0.15, 0.2) is 0 Å². The number of hydrogen-bond acceptors (Lipinski definition) is 5. The summed E-state index contributed by atoms with van der Waals surface area (Å²) < 4.78 is 32.0. The van der Waals surface area contributed by atoms with Gasteiger partial charge in [-0.25, -0.2) is 4.72 Å². The number of carbonyl (C=O) groups is 1. The van der Waals surface area contributed by atoms with E-state index in [0.29, 0.717) is 13.1 Å². The summed E-state index contributed by atoms with van der Waals surface area (Å²) in [5.74, 6) is -0.0488. The lowest BCUT2D eigenvalue weighted by atomic mass is 10.3. The first-order chi connectivity index (χ1) is 9.83. The van der Waals surface area contributed by atoms with Gasteiger partial charge in [0.05, 0.1) is 13.2 Å². The van der Waals surface area contributed by atoms with E-state index in [1.807, 2.05) is 0 Å². The maximum atomic E-state index is 11.6. The van der Waals surface area contributed by atoms with E-state index in [9.17, 15) is 13.2 Å². The van der Waals surface area contributed by atoms with Crippen LogP contribution in [0, 0.1) is 0 Å². The first kappa shape index (κ1) is 18.3. The summed E-state index contributed by atoms with van der Waals surface area (Å²) in [6, 6.07) is 0. The van der Waals surface area contributed by atoms with Crippen LogP contribution in [-0.2, 0) is 19.7 Å². The second-order valence-electron chi connectivity index (χ2n) is 5.14. The van der Waals surface area contributed by atoms with Crippen molar-refractivity contribution in [1.29, 1.82) is 0 Å². The lowest BCUT2D eigenvalue weighted by molar-refractivity contribution is -0.129. The Balaban J connectivity index is 2.34. The van der Waals surface area contributed by atoms with Gasteiger partial charge >= 0.3 is 0 Å². The molecule has 1 aliphatic heterocycles. The highest BCUT2D eigenvalue weighted by molar-refractivity contribution is 7.87. The molecule has 1 fully saturated rings. The molecule has 0 aromatic rings. The van der Waals surface area contributed by atoms with Crippen LogP contribution in [0.2, 0.25) is 0 Å². The molecule has 124 valence electrons. The van der Waals surface area contributed by atoms with Crippen molar-refractivity contribution in [2.75, 3.05) is 66.6 Å². The van der Waals surface area contributed by atoms with E-state index in [1.54, 1.807) is 4.90 Å². The molecule has 1 saturated heterocycles. The Labute approximate surface area is 127 Å². The van der Waals surface area contributed by atoms with Crippen LogP contribution in [0.4, 0.5) is 0 Å². The fourth-order valence-electron chi connectivity index (χ4n) is 1.95. The molecule has 0 unspecified atom stereocenters. The Morgan fingerprint density at radius 3 is 2.38 bits per heavy atom. The van der Waals surface area contributed by atoms with Crippen molar-refractivity contribution in [1.82, 2.24) is 18.8 Å². The third-order valence-electron chi connectivity index (χ3n) is 3.38. The fourth-order valence-corrected chi connectivity index (χ4v) is 2.56. The minimum absolute atomic E-state index is 0.0488. The standard InChI is InChI=1S/C12H26N4O4S/c1-12(17)16(5-4-13-21(18,19)14(2)3)7-6-15-8-10-20-11-9-15/h13H,4-11H2,1-3H3. The average molecular weight is 322 g/mol. The third-order valence-corrected chi connectivity index (χ3v) is 4.91. The van der Waals surface area contributed by atoms with Gasteiger partial charge in [0.25, 0.3) is 10.2 Å². The highest BCUT2D eigenvalue weighted by Crippen LogP contribution is 1.98. The molecule has 0 radical (unpaired) electrons. The van der Waals surface area contributed by atoms with Gasteiger partial charge in [-0.1, -0.05) is 0 Å². The molecule has 1 aliphatic rings. The van der Waals surface area contributed by atoms with Crippen molar-refractivity contribution in [3.8, 4) is 0 Å². The number of ether oxygens (including phenoxy) is 1. The van der Waals surface area contributed by atoms with Crippen molar-refractivity contribution in [3.05, 3.63) is 0 Å².